The molecule has 2 heterocycles. The van der Waals surface area contributed by atoms with E-state index in [0.29, 0.717) is 16.1 Å². The van der Waals surface area contributed by atoms with Crippen LogP contribution in [0.4, 0.5) is 0 Å². The molecule has 0 bridgehead atoms. The van der Waals surface area contributed by atoms with Crippen molar-refractivity contribution in [2.24, 2.45) is 11.4 Å². The van der Waals surface area contributed by atoms with Crippen molar-refractivity contribution in [3.05, 3.63) is 47.3 Å². The summed E-state index contributed by atoms with van der Waals surface area (Å²) in [4.78, 5) is 18.8. The van der Waals surface area contributed by atoms with Crippen LogP contribution < -0.4 is 0 Å². The maximum atomic E-state index is 13.1. The van der Waals surface area contributed by atoms with Crippen LogP contribution in [0.2, 0.25) is 0 Å². The first-order valence-corrected chi connectivity index (χ1v) is 11.7. The standard InChI is InChI=1S/C20H24N4O2S2/c1-12(2)27-18-16(11-21-19-17(18)14(4)22-24(19)5)20(25)23-28(6,26)15-9-7-13(3)8-10-15/h7-12H,1-6H3. The molecule has 0 saturated carbocycles. The fourth-order valence-corrected chi connectivity index (χ4v) is 5.20. The average molecular weight is 417 g/mol. The second-order valence-electron chi connectivity index (χ2n) is 7.09. The van der Waals surface area contributed by atoms with Crippen molar-refractivity contribution in [2.45, 2.75) is 42.7 Å². The Hall–Kier alpha value is -2.19. The lowest BCUT2D eigenvalue weighted by Gasteiger charge is -2.11. The normalized spacial score (nSPS) is 13.7. The average Bonchev–Trinajstić information content (AvgIpc) is 2.89. The molecule has 1 amide bonds. The molecule has 2 aromatic heterocycles. The van der Waals surface area contributed by atoms with E-state index < -0.39 is 15.6 Å². The van der Waals surface area contributed by atoms with Crippen LogP contribution in [0.25, 0.3) is 11.0 Å². The highest BCUT2D eigenvalue weighted by atomic mass is 32.2. The van der Waals surface area contributed by atoms with Gasteiger partial charge in [-0.3, -0.25) is 9.48 Å². The molecule has 3 rings (SSSR count). The van der Waals surface area contributed by atoms with Gasteiger partial charge in [0.25, 0.3) is 5.91 Å². The zero-order chi connectivity index (χ0) is 20.6. The number of amides is 1. The number of hydrogen-bond donors (Lipinski definition) is 0. The maximum Gasteiger partial charge on any atom is 0.288 e. The first-order chi connectivity index (χ1) is 13.1. The molecule has 0 radical (unpaired) electrons. The third-order valence-electron chi connectivity index (χ3n) is 4.28. The van der Waals surface area contributed by atoms with Gasteiger partial charge in [0, 0.05) is 34.5 Å². The number of hydrogen-bond acceptors (Lipinski definition) is 5. The van der Waals surface area contributed by atoms with E-state index in [4.69, 9.17) is 0 Å². The summed E-state index contributed by atoms with van der Waals surface area (Å²) in [5.41, 5.74) is 2.94. The van der Waals surface area contributed by atoms with Crippen molar-refractivity contribution in [1.82, 2.24) is 14.8 Å². The van der Waals surface area contributed by atoms with Crippen molar-refractivity contribution in [2.75, 3.05) is 6.26 Å². The molecule has 1 aromatic carbocycles. The summed E-state index contributed by atoms with van der Waals surface area (Å²) in [5, 5.41) is 5.53. The van der Waals surface area contributed by atoms with Gasteiger partial charge in [0.2, 0.25) is 0 Å². The molecule has 1 atom stereocenters. The lowest BCUT2D eigenvalue weighted by molar-refractivity contribution is 0.100. The van der Waals surface area contributed by atoms with Gasteiger partial charge < -0.3 is 0 Å². The van der Waals surface area contributed by atoms with Crippen LogP contribution in [0.1, 0.15) is 35.5 Å². The second kappa shape index (κ2) is 7.67. The smallest absolute Gasteiger partial charge is 0.266 e. The van der Waals surface area contributed by atoms with Crippen molar-refractivity contribution in [3.8, 4) is 0 Å². The van der Waals surface area contributed by atoms with Crippen molar-refractivity contribution < 1.29 is 9.00 Å². The Bertz CT molecular complexity index is 1170. The summed E-state index contributed by atoms with van der Waals surface area (Å²) in [6.07, 6.45) is 3.01. The maximum absolute atomic E-state index is 13.1. The van der Waals surface area contributed by atoms with E-state index in [2.05, 4.69) is 28.3 Å². The summed E-state index contributed by atoms with van der Waals surface area (Å²) < 4.78 is 18.9. The second-order valence-corrected chi connectivity index (χ2v) is 10.9. The predicted molar refractivity (Wildman–Crippen MR) is 115 cm³/mol. The van der Waals surface area contributed by atoms with Crippen molar-refractivity contribution in [3.63, 3.8) is 0 Å². The minimum atomic E-state index is -2.86. The Kier molecular flexibility index (Phi) is 5.63. The number of carbonyl (C=O) groups excluding carboxylic acids is 1. The molecule has 6 nitrogen and oxygen atoms in total. The van der Waals surface area contributed by atoms with E-state index >= 15 is 0 Å². The van der Waals surface area contributed by atoms with Gasteiger partial charge in [-0.1, -0.05) is 31.5 Å². The van der Waals surface area contributed by atoms with Crippen LogP contribution in [0.15, 0.2) is 44.6 Å². The van der Waals surface area contributed by atoms with Crippen LogP contribution in [0.5, 0.6) is 0 Å². The predicted octanol–water partition coefficient (Wildman–Crippen LogP) is 4.38. The largest absolute Gasteiger partial charge is 0.288 e. The van der Waals surface area contributed by atoms with Gasteiger partial charge in [-0.15, -0.1) is 11.8 Å². The Balaban J connectivity index is 2.17. The molecule has 148 valence electrons. The Morgan fingerprint density at radius 2 is 1.86 bits per heavy atom. The molecular weight excluding hydrogens is 392 g/mol. The zero-order valence-electron chi connectivity index (χ0n) is 16.9. The zero-order valence-corrected chi connectivity index (χ0v) is 18.5. The minimum Gasteiger partial charge on any atom is -0.266 e. The van der Waals surface area contributed by atoms with Gasteiger partial charge in [0.15, 0.2) is 5.65 Å². The molecule has 1 unspecified atom stereocenters. The number of thioether (sulfide) groups is 1. The Morgan fingerprint density at radius 3 is 2.46 bits per heavy atom. The number of benzene rings is 1. The highest BCUT2D eigenvalue weighted by Crippen LogP contribution is 2.35. The number of carbonyl (C=O) groups is 1. The van der Waals surface area contributed by atoms with Gasteiger partial charge in [-0.25, -0.2) is 9.19 Å². The van der Waals surface area contributed by atoms with E-state index in [1.165, 1.54) is 12.5 Å². The first-order valence-electron chi connectivity index (χ1n) is 8.92. The summed E-state index contributed by atoms with van der Waals surface area (Å²) in [6.45, 7) is 7.97. The van der Waals surface area contributed by atoms with E-state index in [0.717, 1.165) is 21.5 Å². The number of aromatic nitrogens is 3. The van der Waals surface area contributed by atoms with Crippen LogP contribution >= 0.6 is 11.8 Å². The number of nitrogens with zero attached hydrogens (tertiary/aromatic N) is 4. The first kappa shape index (κ1) is 20.5. The molecule has 0 spiro atoms. The summed E-state index contributed by atoms with van der Waals surface area (Å²) in [5.74, 6) is -0.520. The van der Waals surface area contributed by atoms with Gasteiger partial charge >= 0.3 is 0 Å². The molecule has 0 N–H and O–H groups in total. The van der Waals surface area contributed by atoms with Crippen LogP contribution in [-0.2, 0) is 16.8 Å². The van der Waals surface area contributed by atoms with Crippen molar-refractivity contribution >= 4 is 38.4 Å². The fraction of sp³-hybridized carbons (Fsp3) is 0.350. The number of fused-ring (bicyclic) bond motifs is 1. The van der Waals surface area contributed by atoms with E-state index in [9.17, 15) is 9.00 Å². The summed E-state index contributed by atoms with van der Waals surface area (Å²) >= 11 is 1.57. The highest BCUT2D eigenvalue weighted by molar-refractivity contribution is 8.00. The molecule has 3 aromatic rings. The number of aryl methyl sites for hydroxylation is 3. The summed E-state index contributed by atoms with van der Waals surface area (Å²) in [6, 6.07) is 7.24. The van der Waals surface area contributed by atoms with E-state index in [1.54, 1.807) is 28.6 Å². The van der Waals surface area contributed by atoms with Crippen LogP contribution in [0.3, 0.4) is 0 Å². The van der Waals surface area contributed by atoms with E-state index in [1.807, 2.05) is 33.0 Å². The molecule has 0 fully saturated rings. The van der Waals surface area contributed by atoms with Gasteiger partial charge in [0.05, 0.1) is 26.4 Å². The van der Waals surface area contributed by atoms with Gasteiger partial charge in [-0.2, -0.15) is 9.46 Å². The van der Waals surface area contributed by atoms with Crippen molar-refractivity contribution in [1.29, 1.82) is 0 Å². The van der Waals surface area contributed by atoms with E-state index in [-0.39, 0.29) is 5.25 Å². The topological polar surface area (TPSA) is 77.2 Å². The molecule has 8 heteroatoms. The Morgan fingerprint density at radius 1 is 1.21 bits per heavy atom. The molecular formula is C20H24N4O2S2. The van der Waals surface area contributed by atoms with Crippen LogP contribution in [-0.4, -0.2) is 36.4 Å². The molecule has 0 aliphatic rings. The van der Waals surface area contributed by atoms with Crippen LogP contribution in [0, 0.1) is 13.8 Å². The van der Waals surface area contributed by atoms with Gasteiger partial charge in [0.1, 0.15) is 0 Å². The van der Waals surface area contributed by atoms with Gasteiger partial charge in [-0.05, 0) is 26.0 Å². The fourth-order valence-electron chi connectivity index (χ4n) is 2.94. The Labute approximate surface area is 169 Å². The lowest BCUT2D eigenvalue weighted by Crippen LogP contribution is -2.07. The quantitative estimate of drug-likeness (QED) is 0.590. The monoisotopic (exact) mass is 416 g/mol. The molecule has 28 heavy (non-hydrogen) atoms. The molecule has 0 aliphatic heterocycles. The third-order valence-corrected chi connectivity index (χ3v) is 7.07. The molecule has 0 aliphatic carbocycles. The minimum absolute atomic E-state index is 0.250. The third kappa shape index (κ3) is 3.98. The number of pyridine rings is 1. The highest BCUT2D eigenvalue weighted by Gasteiger charge is 2.22. The lowest BCUT2D eigenvalue weighted by atomic mass is 10.2. The SMILES string of the molecule is Cc1ccc(S(C)(=O)=NC(=O)c2cnc3c(c(C)nn3C)c2SC(C)C)cc1. The molecule has 0 saturated heterocycles. The summed E-state index contributed by atoms with van der Waals surface area (Å²) in [7, 11) is -1.03. The number of rotatable bonds is 4.